The Kier molecular flexibility index (Phi) is 12.1. The molecule has 0 amide bonds. The van der Waals surface area contributed by atoms with Crippen molar-refractivity contribution >= 4 is 17.1 Å². The van der Waals surface area contributed by atoms with Crippen LogP contribution in [-0.4, -0.2) is 6.54 Å². The van der Waals surface area contributed by atoms with Gasteiger partial charge in [0.1, 0.15) is 0 Å². The van der Waals surface area contributed by atoms with E-state index in [2.05, 4.69) is 166 Å². The summed E-state index contributed by atoms with van der Waals surface area (Å²) in [4.78, 5) is 5.03. The second-order valence-electron chi connectivity index (χ2n) is 13.9. The Morgan fingerprint density at radius 1 is 1.07 bits per heavy atom. The molecule has 3 rings (SSSR count). The van der Waals surface area contributed by atoms with Crippen LogP contribution in [0.25, 0.3) is 0 Å². The molecule has 0 N–H and O–H groups in total. The zero-order chi connectivity index (χ0) is 31.0. The number of allylic oxidation sites excluding steroid dienone is 5. The normalized spacial score (nSPS) is 18.8. The lowest BCUT2D eigenvalue weighted by atomic mass is 9.78. The second-order valence-corrected chi connectivity index (χ2v) is 13.9. The molecule has 1 heterocycles. The molecule has 0 saturated heterocycles. The Labute approximate surface area is 253 Å². The lowest BCUT2D eigenvalue weighted by Gasteiger charge is -2.40. The summed E-state index contributed by atoms with van der Waals surface area (Å²) in [7, 11) is 0. The molecular formula is C39H56N2. The summed E-state index contributed by atoms with van der Waals surface area (Å²) in [5.74, 6) is 1.18. The zero-order valence-electron chi connectivity index (χ0n) is 27.9. The Morgan fingerprint density at radius 2 is 1.73 bits per heavy atom. The third-order valence-electron chi connectivity index (χ3n) is 8.19. The highest BCUT2D eigenvalue weighted by molar-refractivity contribution is 5.73. The lowest BCUT2D eigenvalue weighted by Crippen LogP contribution is -2.35. The maximum absolute atomic E-state index is 4.00. The first-order valence-electron chi connectivity index (χ1n) is 15.3. The van der Waals surface area contributed by atoms with E-state index in [-0.39, 0.29) is 5.41 Å². The van der Waals surface area contributed by atoms with Gasteiger partial charge in [-0.25, -0.2) is 0 Å². The maximum Gasteiger partial charge on any atom is 0.0478 e. The number of nitrogens with zero attached hydrogens (tertiary/aromatic N) is 2. The summed E-state index contributed by atoms with van der Waals surface area (Å²) in [5, 5.41) is 0. The molecule has 0 spiro atoms. The number of para-hydroxylation sites is 1. The van der Waals surface area contributed by atoms with E-state index in [1.165, 1.54) is 46.0 Å². The molecule has 2 atom stereocenters. The van der Waals surface area contributed by atoms with E-state index in [1.54, 1.807) is 0 Å². The average Bonchev–Trinajstić information content (AvgIpc) is 2.90. The van der Waals surface area contributed by atoms with Gasteiger partial charge in [0.15, 0.2) is 0 Å². The Balaban J connectivity index is 0.00000287. The highest BCUT2D eigenvalue weighted by atomic mass is 15.2. The van der Waals surface area contributed by atoms with Gasteiger partial charge in [-0.2, -0.15) is 0 Å². The summed E-state index contributed by atoms with van der Waals surface area (Å²) >= 11 is 0. The largest absolute Gasteiger partial charge is 0.341 e. The molecule has 2 heteroatoms. The van der Waals surface area contributed by atoms with Crippen LogP contribution in [0.3, 0.4) is 0 Å². The van der Waals surface area contributed by atoms with E-state index in [0.29, 0.717) is 17.3 Å². The molecule has 222 valence electrons. The van der Waals surface area contributed by atoms with E-state index >= 15 is 0 Å². The van der Waals surface area contributed by atoms with Crippen molar-refractivity contribution in [1.82, 2.24) is 0 Å². The first-order valence-corrected chi connectivity index (χ1v) is 15.3. The molecule has 41 heavy (non-hydrogen) atoms. The monoisotopic (exact) mass is 552 g/mol. The first-order chi connectivity index (χ1) is 19.3. The van der Waals surface area contributed by atoms with Gasteiger partial charge in [-0.1, -0.05) is 90.5 Å². The van der Waals surface area contributed by atoms with E-state index < -0.39 is 0 Å². The van der Waals surface area contributed by atoms with E-state index in [0.717, 1.165) is 19.4 Å². The molecule has 0 fully saturated rings. The van der Waals surface area contributed by atoms with Crippen LogP contribution in [0.4, 0.5) is 17.1 Å². The molecule has 2 aromatic rings. The van der Waals surface area contributed by atoms with E-state index in [9.17, 15) is 0 Å². The first kappa shape index (κ1) is 34.0. The molecule has 1 aliphatic heterocycles. The number of fused-ring (bicyclic) bond motifs is 1. The van der Waals surface area contributed by atoms with Gasteiger partial charge in [-0.15, -0.1) is 12.8 Å². The van der Waals surface area contributed by atoms with Crippen LogP contribution in [0.5, 0.6) is 0 Å². The van der Waals surface area contributed by atoms with E-state index in [4.69, 9.17) is 0 Å². The van der Waals surface area contributed by atoms with Crippen molar-refractivity contribution in [2.75, 3.05) is 16.3 Å². The van der Waals surface area contributed by atoms with Crippen LogP contribution >= 0.6 is 0 Å². The number of hydrogen-bond acceptors (Lipinski definition) is 2. The van der Waals surface area contributed by atoms with Gasteiger partial charge in [0, 0.05) is 35.0 Å². The number of terminal acetylenes is 1. The number of anilines is 3. The van der Waals surface area contributed by atoms with Gasteiger partial charge in [-0.3, -0.25) is 0 Å². The molecule has 0 saturated carbocycles. The number of rotatable bonds is 7. The molecule has 0 bridgehead atoms. The Morgan fingerprint density at radius 3 is 2.34 bits per heavy atom. The number of hydrogen-bond donors (Lipinski definition) is 0. The summed E-state index contributed by atoms with van der Waals surface area (Å²) in [6.07, 6.45) is 18.1. The predicted molar refractivity (Wildman–Crippen MR) is 184 cm³/mol. The van der Waals surface area contributed by atoms with Crippen molar-refractivity contribution in [1.29, 1.82) is 0 Å². The molecule has 2 nitrogen and oxygen atoms in total. The second kappa shape index (κ2) is 14.6. The van der Waals surface area contributed by atoms with Gasteiger partial charge in [-0.05, 0) is 106 Å². The highest BCUT2D eigenvalue weighted by Crippen LogP contribution is 2.41. The standard InChI is InChI=1S/C37H54N2.C2H2/c1-12-17-32(13-2)39(30(6)29(5)28(4)25-36(7,8)9)34-20-16-19-33(23-34)38-26-37(10,11)24-27(3)22-31-18-14-15-21-35(31)38;1-2/h12-21,23,27-28H,22,24-26H2,1-11H3;1-2H/b17-12-,30-29+,32-13+;. The van der Waals surface area contributed by atoms with Crippen molar-refractivity contribution in [2.24, 2.45) is 22.7 Å². The maximum atomic E-state index is 4.00. The van der Waals surface area contributed by atoms with Crippen LogP contribution in [0.15, 0.2) is 83.7 Å². The quantitative estimate of drug-likeness (QED) is 0.249. The van der Waals surface area contributed by atoms with Gasteiger partial charge >= 0.3 is 0 Å². The zero-order valence-corrected chi connectivity index (χ0v) is 27.9. The van der Waals surface area contributed by atoms with Crippen molar-refractivity contribution in [3.63, 3.8) is 0 Å². The van der Waals surface area contributed by atoms with Crippen LogP contribution in [-0.2, 0) is 6.42 Å². The van der Waals surface area contributed by atoms with Crippen LogP contribution < -0.4 is 9.80 Å². The van der Waals surface area contributed by atoms with Crippen LogP contribution in [0.2, 0.25) is 0 Å². The minimum Gasteiger partial charge on any atom is -0.341 e. The third-order valence-corrected chi connectivity index (χ3v) is 8.19. The Bertz CT molecular complexity index is 1250. The minimum absolute atomic E-state index is 0.219. The summed E-state index contributed by atoms with van der Waals surface area (Å²) in [6.45, 7) is 26.5. The summed E-state index contributed by atoms with van der Waals surface area (Å²) in [5.41, 5.74) is 9.76. The van der Waals surface area contributed by atoms with Crippen molar-refractivity contribution in [2.45, 2.75) is 95.4 Å². The molecule has 0 aliphatic carbocycles. The summed E-state index contributed by atoms with van der Waals surface area (Å²) < 4.78 is 0. The van der Waals surface area contributed by atoms with Crippen LogP contribution in [0.1, 0.15) is 94.6 Å². The van der Waals surface area contributed by atoms with Crippen molar-refractivity contribution in [3.05, 3.63) is 89.3 Å². The SMILES string of the molecule is C#C.C/C=C\C(=C/C)N(/C(C)=C(\C)C(C)CC(C)(C)C)c1cccc(N2CC(C)(C)CC(C)Cc3ccccc32)c1. The molecule has 0 aromatic heterocycles. The molecule has 2 unspecified atom stereocenters. The van der Waals surface area contributed by atoms with Gasteiger partial charge in [0.2, 0.25) is 0 Å². The fourth-order valence-electron chi connectivity index (χ4n) is 6.56. The van der Waals surface area contributed by atoms with E-state index in [1.807, 2.05) is 0 Å². The Hall–Kier alpha value is -3.18. The molecule has 2 aromatic carbocycles. The van der Waals surface area contributed by atoms with Crippen LogP contribution in [0, 0.1) is 35.5 Å². The smallest absolute Gasteiger partial charge is 0.0478 e. The molecule has 1 aliphatic rings. The third kappa shape index (κ3) is 9.16. The number of benzene rings is 2. The predicted octanol–water partition coefficient (Wildman–Crippen LogP) is 11.3. The van der Waals surface area contributed by atoms with Gasteiger partial charge in [0.05, 0.1) is 0 Å². The van der Waals surface area contributed by atoms with Crippen molar-refractivity contribution in [3.8, 4) is 12.8 Å². The highest BCUT2D eigenvalue weighted by Gasteiger charge is 2.30. The minimum atomic E-state index is 0.219. The fraction of sp³-hybridized carbons (Fsp3) is 0.487. The van der Waals surface area contributed by atoms with Gasteiger partial charge < -0.3 is 9.80 Å². The fourth-order valence-corrected chi connectivity index (χ4v) is 6.56. The lowest BCUT2D eigenvalue weighted by molar-refractivity contribution is 0.279. The molecule has 0 radical (unpaired) electrons. The van der Waals surface area contributed by atoms with Crippen molar-refractivity contribution < 1.29 is 0 Å². The molecular weight excluding hydrogens is 496 g/mol. The van der Waals surface area contributed by atoms with Gasteiger partial charge in [0.25, 0.3) is 0 Å². The summed E-state index contributed by atoms with van der Waals surface area (Å²) in [6, 6.07) is 18.2. The topological polar surface area (TPSA) is 6.48 Å². The average molecular weight is 553 g/mol.